The van der Waals surface area contributed by atoms with Crippen LogP contribution in [0.2, 0.25) is 0 Å². The van der Waals surface area contributed by atoms with E-state index >= 15 is 0 Å². The minimum absolute atomic E-state index is 0.00922. The Morgan fingerprint density at radius 1 is 1.42 bits per heavy atom. The molecule has 6 nitrogen and oxygen atoms in total. The van der Waals surface area contributed by atoms with Crippen LogP contribution in [0, 0.1) is 17.1 Å². The number of nitrogens with two attached hydrogens (primary N) is 1. The molecular formula is C22H20F2N4O2S. The van der Waals surface area contributed by atoms with Crippen molar-refractivity contribution >= 4 is 33.1 Å². The summed E-state index contributed by atoms with van der Waals surface area (Å²) in [6, 6.07) is 8.80. The van der Waals surface area contributed by atoms with Crippen molar-refractivity contribution in [1.82, 2.24) is 4.98 Å². The van der Waals surface area contributed by atoms with E-state index in [0.29, 0.717) is 11.1 Å². The number of benzene rings is 1. The summed E-state index contributed by atoms with van der Waals surface area (Å²) in [5, 5.41) is 8.83. The molecule has 0 spiro atoms. The molecular weight excluding hydrogens is 422 g/mol. The fourth-order valence-corrected chi connectivity index (χ4v) is 5.76. The summed E-state index contributed by atoms with van der Waals surface area (Å²) in [5.41, 5.74) is 4.71. The summed E-state index contributed by atoms with van der Waals surface area (Å²) < 4.78 is 47.6. The van der Waals surface area contributed by atoms with Crippen LogP contribution in [0.1, 0.15) is 36.2 Å². The van der Waals surface area contributed by atoms with E-state index in [0.717, 1.165) is 0 Å². The number of halogens is 2. The third kappa shape index (κ3) is 3.06. The quantitative estimate of drug-likeness (QED) is 0.737. The zero-order chi connectivity index (χ0) is 22.6. The maximum atomic E-state index is 14.9. The number of amidine groups is 1. The number of pyridine rings is 1. The summed E-state index contributed by atoms with van der Waals surface area (Å²) in [6.45, 7) is 3.33. The number of hydrogen-bond donors (Lipinski definition) is 1. The van der Waals surface area contributed by atoms with Crippen LogP contribution in [-0.2, 0) is 19.8 Å². The number of nitrogens with zero attached hydrogens (tertiary/aromatic N) is 3. The monoisotopic (exact) mass is 442 g/mol. The normalized spacial score (nSPS) is 29.3. The molecule has 4 rings (SSSR count). The van der Waals surface area contributed by atoms with Gasteiger partial charge in [0.15, 0.2) is 11.0 Å². The highest BCUT2D eigenvalue weighted by molar-refractivity contribution is 8.02. The van der Waals surface area contributed by atoms with Gasteiger partial charge in [-0.05, 0) is 55.6 Å². The number of rotatable bonds is 3. The van der Waals surface area contributed by atoms with Crippen LogP contribution in [0.4, 0.5) is 8.78 Å². The average molecular weight is 442 g/mol. The molecule has 0 bridgehead atoms. The first-order valence-electron chi connectivity index (χ1n) is 9.40. The molecule has 0 saturated carbocycles. The molecule has 9 heteroatoms. The van der Waals surface area contributed by atoms with E-state index in [-0.39, 0.29) is 23.7 Å². The van der Waals surface area contributed by atoms with E-state index in [1.165, 1.54) is 42.6 Å². The van der Waals surface area contributed by atoms with Crippen LogP contribution in [0.3, 0.4) is 0 Å². The Hall–Kier alpha value is -3.09. The van der Waals surface area contributed by atoms with Crippen molar-refractivity contribution in [2.45, 2.75) is 29.6 Å². The van der Waals surface area contributed by atoms with Crippen molar-refractivity contribution in [3.8, 4) is 6.07 Å². The molecule has 0 amide bonds. The maximum Gasteiger partial charge on any atom is 0.157 e. The first kappa shape index (κ1) is 21.2. The molecule has 3 atom stereocenters. The predicted octanol–water partition coefficient (Wildman–Crippen LogP) is 2.98. The van der Waals surface area contributed by atoms with Crippen molar-refractivity contribution in [1.29, 1.82) is 5.26 Å². The van der Waals surface area contributed by atoms with Crippen molar-refractivity contribution in [3.63, 3.8) is 0 Å². The van der Waals surface area contributed by atoms with E-state index in [4.69, 9.17) is 15.7 Å². The van der Waals surface area contributed by atoms with Gasteiger partial charge in [-0.15, -0.1) is 0 Å². The summed E-state index contributed by atoms with van der Waals surface area (Å²) >= 11 is 0. The van der Waals surface area contributed by atoms with Gasteiger partial charge in [0.1, 0.15) is 23.5 Å². The lowest BCUT2D eigenvalue weighted by molar-refractivity contribution is -0.0881. The SMILES string of the molecule is C=S1(=O)[C@@H]2OC[C@]2(c2cc(/C=C(\F)c3ccc(C#N)cn3)ccc2F)N=C(N)C1(C)C. The van der Waals surface area contributed by atoms with Crippen LogP contribution in [0.5, 0.6) is 0 Å². The first-order valence-corrected chi connectivity index (χ1v) is 11.2. The fraction of sp³-hybridized carbons (Fsp3) is 0.273. The van der Waals surface area contributed by atoms with Gasteiger partial charge in [0.05, 0.1) is 22.6 Å². The number of aromatic nitrogens is 1. The molecule has 0 radical (unpaired) electrons. The Kier molecular flexibility index (Phi) is 4.76. The van der Waals surface area contributed by atoms with Crippen molar-refractivity contribution in [2.75, 3.05) is 6.61 Å². The Balaban J connectivity index is 1.79. The molecule has 2 N–H and O–H groups in total. The lowest BCUT2D eigenvalue weighted by Crippen LogP contribution is -2.68. The molecule has 1 saturated heterocycles. The number of nitriles is 1. The topological polar surface area (TPSA) is 101 Å². The minimum atomic E-state index is -2.93. The highest BCUT2D eigenvalue weighted by Gasteiger charge is 2.62. The van der Waals surface area contributed by atoms with Gasteiger partial charge in [-0.3, -0.25) is 14.2 Å². The molecule has 160 valence electrons. The second-order valence-corrected chi connectivity index (χ2v) is 11.0. The standard InChI is InChI=1S/C22H20F2N4O2S/c1-21(2)19(26)28-22(12-30-20(22)31(21,3)29)15-8-13(4-6-16(15)23)9-17(24)18-7-5-14(10-25)11-27-18/h4-9,11,20H,3,12H2,1-2H3,(H2,26,28)/b17-9-/t20-,22+,31?/m0/s1. The number of fused-ring (bicyclic) bond motifs is 1. The lowest BCUT2D eigenvalue weighted by Gasteiger charge is -2.54. The van der Waals surface area contributed by atoms with Gasteiger partial charge >= 0.3 is 0 Å². The summed E-state index contributed by atoms with van der Waals surface area (Å²) in [5.74, 6) is 2.72. The van der Waals surface area contributed by atoms with Gasteiger partial charge in [0.2, 0.25) is 0 Å². The Bertz CT molecular complexity index is 1280. The fourth-order valence-electron chi connectivity index (χ4n) is 3.66. The highest BCUT2D eigenvalue weighted by atomic mass is 32.2. The van der Waals surface area contributed by atoms with E-state index in [1.54, 1.807) is 13.8 Å². The molecule has 2 aromatic rings. The Labute approximate surface area is 179 Å². The molecule has 1 aromatic carbocycles. The Morgan fingerprint density at radius 2 is 2.16 bits per heavy atom. The van der Waals surface area contributed by atoms with Crippen LogP contribution >= 0.6 is 0 Å². The van der Waals surface area contributed by atoms with Crippen LogP contribution < -0.4 is 5.73 Å². The molecule has 2 aliphatic heterocycles. The molecule has 1 fully saturated rings. The third-order valence-corrected chi connectivity index (χ3v) is 9.03. The van der Waals surface area contributed by atoms with Gasteiger partial charge < -0.3 is 10.5 Å². The molecule has 2 aliphatic rings. The third-order valence-electron chi connectivity index (χ3n) is 5.88. The lowest BCUT2D eigenvalue weighted by atomic mass is 9.86. The largest absolute Gasteiger partial charge is 0.386 e. The second kappa shape index (κ2) is 6.97. The van der Waals surface area contributed by atoms with E-state index in [9.17, 15) is 13.0 Å². The Morgan fingerprint density at radius 3 is 2.74 bits per heavy atom. The van der Waals surface area contributed by atoms with E-state index < -0.39 is 36.9 Å². The number of ether oxygens (including phenoxy) is 1. The summed E-state index contributed by atoms with van der Waals surface area (Å²) in [7, 11) is -2.93. The zero-order valence-corrected chi connectivity index (χ0v) is 17.7. The molecule has 3 heterocycles. The maximum absolute atomic E-state index is 14.9. The predicted molar refractivity (Wildman–Crippen MR) is 117 cm³/mol. The zero-order valence-electron chi connectivity index (χ0n) is 16.9. The van der Waals surface area contributed by atoms with E-state index in [1.807, 2.05) is 6.07 Å². The number of hydrogen-bond acceptors (Lipinski definition) is 6. The van der Waals surface area contributed by atoms with Gasteiger partial charge in [0.25, 0.3) is 0 Å². The van der Waals surface area contributed by atoms with Crippen molar-refractivity contribution in [3.05, 3.63) is 64.7 Å². The van der Waals surface area contributed by atoms with Crippen LogP contribution in [-0.4, -0.2) is 37.7 Å². The van der Waals surface area contributed by atoms with Crippen LogP contribution in [0.25, 0.3) is 11.9 Å². The van der Waals surface area contributed by atoms with E-state index in [2.05, 4.69) is 15.8 Å². The van der Waals surface area contributed by atoms with Gasteiger partial charge in [-0.2, -0.15) is 5.26 Å². The number of aliphatic imine (C=N–C) groups is 1. The van der Waals surface area contributed by atoms with Gasteiger partial charge in [-0.25, -0.2) is 8.78 Å². The van der Waals surface area contributed by atoms with Gasteiger partial charge in [0, 0.05) is 21.3 Å². The van der Waals surface area contributed by atoms with Gasteiger partial charge in [-0.1, -0.05) is 6.07 Å². The van der Waals surface area contributed by atoms with Crippen molar-refractivity contribution < 1.29 is 17.7 Å². The summed E-state index contributed by atoms with van der Waals surface area (Å²) in [6.07, 6.45) is 2.46. The first-order chi connectivity index (χ1) is 14.5. The minimum Gasteiger partial charge on any atom is -0.386 e. The molecule has 1 aromatic heterocycles. The average Bonchev–Trinajstić information content (AvgIpc) is 2.71. The molecule has 0 aliphatic carbocycles. The molecule has 31 heavy (non-hydrogen) atoms. The van der Waals surface area contributed by atoms with Crippen LogP contribution in [0.15, 0.2) is 41.5 Å². The smallest absolute Gasteiger partial charge is 0.157 e. The molecule has 1 unspecified atom stereocenters. The summed E-state index contributed by atoms with van der Waals surface area (Å²) in [4.78, 5) is 8.42. The second-order valence-electron chi connectivity index (χ2n) is 8.08. The van der Waals surface area contributed by atoms with Crippen molar-refractivity contribution in [2.24, 2.45) is 10.7 Å². The highest BCUT2D eigenvalue weighted by Crippen LogP contribution is 2.50.